The normalized spacial score (nSPS) is 10.1. The fourth-order valence-corrected chi connectivity index (χ4v) is 1.26. The lowest BCUT2D eigenvalue weighted by Gasteiger charge is -2.00. The number of non-ortho nitro benzene ring substituents is 1. The van der Waals surface area contributed by atoms with Crippen LogP contribution in [0.4, 0.5) is 10.1 Å². The van der Waals surface area contributed by atoms with Crippen LogP contribution in [0.15, 0.2) is 18.2 Å². The Morgan fingerprint density at radius 2 is 2.21 bits per heavy atom. The lowest BCUT2D eigenvalue weighted by atomic mass is 10.1. The summed E-state index contributed by atoms with van der Waals surface area (Å²) in [6, 6.07) is 3.52. The van der Waals surface area contributed by atoms with Gasteiger partial charge in [-0.15, -0.1) is 11.6 Å². The van der Waals surface area contributed by atoms with Gasteiger partial charge in [-0.1, -0.05) is 0 Å². The molecule has 5 heteroatoms. The second-order valence-corrected chi connectivity index (χ2v) is 3.20. The molecule has 3 nitrogen and oxygen atoms in total. The van der Waals surface area contributed by atoms with E-state index in [9.17, 15) is 14.5 Å². The van der Waals surface area contributed by atoms with Crippen molar-refractivity contribution in [2.75, 3.05) is 5.88 Å². The Morgan fingerprint density at radius 3 is 2.79 bits per heavy atom. The molecule has 0 aromatic heterocycles. The number of benzene rings is 1. The molecule has 14 heavy (non-hydrogen) atoms. The van der Waals surface area contributed by atoms with Gasteiger partial charge in [-0.05, 0) is 24.5 Å². The van der Waals surface area contributed by atoms with E-state index in [1.807, 2.05) is 0 Å². The first kappa shape index (κ1) is 10.9. The molecule has 0 bridgehead atoms. The van der Waals surface area contributed by atoms with Crippen molar-refractivity contribution in [3.05, 3.63) is 39.7 Å². The third-order valence-electron chi connectivity index (χ3n) is 1.82. The molecular weight excluding hydrogens is 209 g/mol. The monoisotopic (exact) mass is 217 g/mol. The van der Waals surface area contributed by atoms with Crippen LogP contribution in [-0.2, 0) is 6.42 Å². The van der Waals surface area contributed by atoms with E-state index in [0.29, 0.717) is 24.3 Å². The first-order valence-corrected chi connectivity index (χ1v) is 4.67. The van der Waals surface area contributed by atoms with Crippen LogP contribution in [0.2, 0.25) is 0 Å². The molecule has 0 radical (unpaired) electrons. The van der Waals surface area contributed by atoms with E-state index >= 15 is 0 Å². The van der Waals surface area contributed by atoms with Crippen LogP contribution < -0.4 is 0 Å². The number of nitro groups is 1. The first-order chi connectivity index (χ1) is 6.65. The minimum Gasteiger partial charge on any atom is -0.258 e. The number of aryl methyl sites for hydroxylation is 1. The summed E-state index contributed by atoms with van der Waals surface area (Å²) in [5.41, 5.74) is 0.260. The summed E-state index contributed by atoms with van der Waals surface area (Å²) in [5, 5.41) is 10.4. The standard InChI is InChI=1S/C9H9ClFNO2/c10-5-1-2-7-6-8(12(13)14)3-4-9(7)11/h3-4,6H,1-2,5H2. The summed E-state index contributed by atoms with van der Waals surface area (Å²) in [6.45, 7) is 0. The average molecular weight is 218 g/mol. The van der Waals surface area contributed by atoms with Crippen molar-refractivity contribution in [2.24, 2.45) is 0 Å². The molecule has 1 aromatic carbocycles. The van der Waals surface area contributed by atoms with Gasteiger partial charge in [0, 0.05) is 18.0 Å². The highest BCUT2D eigenvalue weighted by molar-refractivity contribution is 6.17. The van der Waals surface area contributed by atoms with Crippen LogP contribution >= 0.6 is 11.6 Å². The van der Waals surface area contributed by atoms with Gasteiger partial charge in [0.1, 0.15) is 5.82 Å². The van der Waals surface area contributed by atoms with Crippen molar-refractivity contribution in [1.29, 1.82) is 0 Å². The number of hydrogen-bond acceptors (Lipinski definition) is 2. The molecule has 0 aliphatic carbocycles. The largest absolute Gasteiger partial charge is 0.269 e. The topological polar surface area (TPSA) is 43.1 Å². The molecule has 0 spiro atoms. The zero-order chi connectivity index (χ0) is 10.6. The molecule has 0 fully saturated rings. The van der Waals surface area contributed by atoms with E-state index in [-0.39, 0.29) is 5.69 Å². The van der Waals surface area contributed by atoms with E-state index in [2.05, 4.69) is 0 Å². The van der Waals surface area contributed by atoms with E-state index in [4.69, 9.17) is 11.6 Å². The minimum absolute atomic E-state index is 0.0871. The van der Waals surface area contributed by atoms with Crippen LogP contribution in [0, 0.1) is 15.9 Å². The van der Waals surface area contributed by atoms with E-state index < -0.39 is 10.7 Å². The average Bonchev–Trinajstić information content (AvgIpc) is 2.16. The number of rotatable bonds is 4. The SMILES string of the molecule is O=[N+]([O-])c1ccc(F)c(CCCCl)c1. The highest BCUT2D eigenvalue weighted by Gasteiger charge is 2.09. The third-order valence-corrected chi connectivity index (χ3v) is 2.09. The van der Waals surface area contributed by atoms with E-state index in [1.165, 1.54) is 6.07 Å². The van der Waals surface area contributed by atoms with E-state index in [1.54, 1.807) is 0 Å². The molecule has 0 atom stereocenters. The van der Waals surface area contributed by atoms with Crippen molar-refractivity contribution in [1.82, 2.24) is 0 Å². The number of nitrogens with zero attached hydrogens (tertiary/aromatic N) is 1. The van der Waals surface area contributed by atoms with Gasteiger partial charge in [0.15, 0.2) is 0 Å². The summed E-state index contributed by atoms with van der Waals surface area (Å²) < 4.78 is 13.1. The van der Waals surface area contributed by atoms with Crippen LogP contribution in [0.25, 0.3) is 0 Å². The summed E-state index contributed by atoms with van der Waals surface area (Å²) in [7, 11) is 0. The van der Waals surface area contributed by atoms with Crippen molar-refractivity contribution < 1.29 is 9.31 Å². The van der Waals surface area contributed by atoms with Crippen molar-refractivity contribution >= 4 is 17.3 Å². The maximum Gasteiger partial charge on any atom is 0.269 e. The second kappa shape index (κ2) is 4.91. The molecule has 0 unspecified atom stereocenters. The van der Waals surface area contributed by atoms with E-state index in [0.717, 1.165) is 12.1 Å². The van der Waals surface area contributed by atoms with Gasteiger partial charge < -0.3 is 0 Å². The Balaban J connectivity index is 2.90. The summed E-state index contributed by atoms with van der Waals surface area (Å²) in [5.74, 6) is 0.00278. The Labute approximate surface area is 85.6 Å². The van der Waals surface area contributed by atoms with Crippen molar-refractivity contribution in [3.8, 4) is 0 Å². The number of halogens is 2. The molecule has 0 heterocycles. The Kier molecular flexibility index (Phi) is 3.83. The fraction of sp³-hybridized carbons (Fsp3) is 0.333. The van der Waals surface area contributed by atoms with Crippen LogP contribution in [0.3, 0.4) is 0 Å². The summed E-state index contributed by atoms with van der Waals surface area (Å²) >= 11 is 5.45. The third kappa shape index (κ3) is 2.67. The lowest BCUT2D eigenvalue weighted by Crippen LogP contribution is -1.95. The van der Waals surface area contributed by atoms with Crippen LogP contribution in [0.5, 0.6) is 0 Å². The van der Waals surface area contributed by atoms with Crippen molar-refractivity contribution in [3.63, 3.8) is 0 Å². The smallest absolute Gasteiger partial charge is 0.258 e. The highest BCUT2D eigenvalue weighted by atomic mass is 35.5. The Hall–Kier alpha value is -1.16. The predicted octanol–water partition coefficient (Wildman–Crippen LogP) is 2.91. The Bertz CT molecular complexity index is 344. The molecule has 0 N–H and O–H groups in total. The molecule has 1 aromatic rings. The van der Waals surface area contributed by atoms with Gasteiger partial charge >= 0.3 is 0 Å². The molecule has 0 saturated carbocycles. The zero-order valence-corrected chi connectivity index (χ0v) is 8.13. The van der Waals surface area contributed by atoms with Crippen LogP contribution in [0.1, 0.15) is 12.0 Å². The Morgan fingerprint density at radius 1 is 1.50 bits per heavy atom. The fourth-order valence-electron chi connectivity index (χ4n) is 1.12. The number of nitro benzene ring substituents is 1. The van der Waals surface area contributed by atoms with Crippen LogP contribution in [-0.4, -0.2) is 10.8 Å². The molecule has 76 valence electrons. The number of hydrogen-bond donors (Lipinski definition) is 0. The van der Waals surface area contributed by atoms with Gasteiger partial charge in [-0.2, -0.15) is 0 Å². The molecule has 0 aliphatic heterocycles. The van der Waals surface area contributed by atoms with Gasteiger partial charge in [0.25, 0.3) is 5.69 Å². The molecule has 0 aliphatic rings. The zero-order valence-electron chi connectivity index (χ0n) is 7.37. The van der Waals surface area contributed by atoms with Gasteiger partial charge in [0.2, 0.25) is 0 Å². The predicted molar refractivity (Wildman–Crippen MR) is 52.1 cm³/mol. The minimum atomic E-state index is -0.538. The highest BCUT2D eigenvalue weighted by Crippen LogP contribution is 2.18. The van der Waals surface area contributed by atoms with Gasteiger partial charge in [0.05, 0.1) is 4.92 Å². The second-order valence-electron chi connectivity index (χ2n) is 2.83. The molecule has 0 amide bonds. The van der Waals surface area contributed by atoms with Gasteiger partial charge in [-0.25, -0.2) is 4.39 Å². The van der Waals surface area contributed by atoms with Gasteiger partial charge in [-0.3, -0.25) is 10.1 Å². The maximum atomic E-state index is 13.1. The molecular formula is C9H9ClFNO2. The summed E-state index contributed by atoms with van der Waals surface area (Å²) in [4.78, 5) is 9.86. The maximum absolute atomic E-state index is 13.1. The molecule has 0 saturated heterocycles. The number of alkyl halides is 1. The first-order valence-electron chi connectivity index (χ1n) is 4.14. The van der Waals surface area contributed by atoms with Crippen molar-refractivity contribution in [2.45, 2.75) is 12.8 Å². The summed E-state index contributed by atoms with van der Waals surface area (Å²) in [6.07, 6.45) is 1.04. The molecule has 1 rings (SSSR count). The quantitative estimate of drug-likeness (QED) is 0.442. The lowest BCUT2D eigenvalue weighted by molar-refractivity contribution is -0.385.